The van der Waals surface area contributed by atoms with Gasteiger partial charge in [-0.25, -0.2) is 4.98 Å². The molecule has 1 aliphatic rings. The van der Waals surface area contributed by atoms with Crippen LogP contribution in [0.2, 0.25) is 0 Å². The number of carbonyl (C=O) groups excluding carboxylic acids is 2. The van der Waals surface area contributed by atoms with Gasteiger partial charge in [0.05, 0.1) is 25.8 Å². The van der Waals surface area contributed by atoms with E-state index in [0.29, 0.717) is 27.8 Å². The zero-order valence-electron chi connectivity index (χ0n) is 18.1. The number of nitrogens with zero attached hydrogens (tertiary/aromatic N) is 2. The van der Waals surface area contributed by atoms with Crippen molar-refractivity contribution in [1.82, 2.24) is 4.98 Å². The number of rotatable bonds is 5. The number of aromatic nitrogens is 1. The van der Waals surface area contributed by atoms with Gasteiger partial charge >= 0.3 is 5.91 Å². The molecule has 4 rings (SSSR count). The highest BCUT2D eigenvalue weighted by atomic mass is 32.1. The van der Waals surface area contributed by atoms with E-state index in [1.165, 1.54) is 30.5 Å². The molecule has 1 N–H and O–H groups in total. The number of carbonyl (C=O) groups is 2. The number of ether oxygens (including phenoxy) is 2. The lowest BCUT2D eigenvalue weighted by Crippen LogP contribution is -2.29. The summed E-state index contributed by atoms with van der Waals surface area (Å²) in [5.74, 6) is -0.771. The van der Waals surface area contributed by atoms with Crippen LogP contribution < -0.4 is 14.4 Å². The topological polar surface area (TPSA) is 89.0 Å². The van der Waals surface area contributed by atoms with Crippen molar-refractivity contribution in [2.24, 2.45) is 0 Å². The number of aliphatic hydroxyl groups is 1. The van der Waals surface area contributed by atoms with E-state index in [2.05, 4.69) is 4.98 Å². The van der Waals surface area contributed by atoms with E-state index >= 15 is 0 Å². The maximum absolute atomic E-state index is 13.2. The van der Waals surface area contributed by atoms with Crippen molar-refractivity contribution in [3.8, 4) is 11.5 Å². The summed E-state index contributed by atoms with van der Waals surface area (Å²) in [6.45, 7) is 3.74. The number of ketones is 1. The fraction of sp³-hybridized carbons (Fsp3) is 0.208. The third-order valence-corrected chi connectivity index (χ3v) is 6.21. The minimum absolute atomic E-state index is 0.00567. The molecule has 2 heterocycles. The van der Waals surface area contributed by atoms with Crippen molar-refractivity contribution in [3.05, 3.63) is 75.8 Å². The van der Waals surface area contributed by atoms with Gasteiger partial charge in [0.25, 0.3) is 5.78 Å². The van der Waals surface area contributed by atoms with Gasteiger partial charge in [-0.1, -0.05) is 23.8 Å². The van der Waals surface area contributed by atoms with Crippen LogP contribution in [0.25, 0.3) is 5.76 Å². The van der Waals surface area contributed by atoms with Gasteiger partial charge in [0.15, 0.2) is 16.6 Å². The standard InChI is InChI=1S/C24H22N2O5S/c1-13-5-6-14(2)16(11-13)21(27)19-20(15-7-8-17(30-3)18(12-15)31-4)26(23(29)22(19)28)24-25-9-10-32-24/h5-12,20,27H,1-4H3/b21-19+. The molecule has 2 aromatic carbocycles. The highest BCUT2D eigenvalue weighted by molar-refractivity contribution is 7.14. The maximum atomic E-state index is 13.2. The summed E-state index contributed by atoms with van der Waals surface area (Å²) < 4.78 is 10.7. The molecule has 1 amide bonds. The molecule has 8 heteroatoms. The second kappa shape index (κ2) is 8.47. The summed E-state index contributed by atoms with van der Waals surface area (Å²) >= 11 is 1.24. The fourth-order valence-electron chi connectivity index (χ4n) is 3.84. The fourth-order valence-corrected chi connectivity index (χ4v) is 4.51. The predicted octanol–water partition coefficient (Wildman–Crippen LogP) is 4.40. The molecule has 0 spiro atoms. The van der Waals surface area contributed by atoms with E-state index in [1.807, 2.05) is 26.0 Å². The molecule has 32 heavy (non-hydrogen) atoms. The average molecular weight is 451 g/mol. The Bertz CT molecular complexity index is 1230. The first-order chi connectivity index (χ1) is 15.4. The first-order valence-corrected chi connectivity index (χ1v) is 10.8. The van der Waals surface area contributed by atoms with Crippen molar-refractivity contribution in [3.63, 3.8) is 0 Å². The van der Waals surface area contributed by atoms with Gasteiger partial charge in [0.2, 0.25) is 0 Å². The van der Waals surface area contributed by atoms with E-state index in [0.717, 1.165) is 11.1 Å². The van der Waals surface area contributed by atoms with Gasteiger partial charge in [-0.2, -0.15) is 0 Å². The maximum Gasteiger partial charge on any atom is 0.301 e. The second-order valence-electron chi connectivity index (χ2n) is 7.42. The van der Waals surface area contributed by atoms with E-state index in [9.17, 15) is 14.7 Å². The number of thiazole rings is 1. The average Bonchev–Trinajstić information content (AvgIpc) is 3.41. The molecule has 1 fully saturated rings. The van der Waals surface area contributed by atoms with Crippen LogP contribution >= 0.6 is 11.3 Å². The monoisotopic (exact) mass is 450 g/mol. The molecular weight excluding hydrogens is 428 g/mol. The molecule has 1 unspecified atom stereocenters. The number of anilines is 1. The number of aryl methyl sites for hydroxylation is 2. The molecular formula is C24H22N2O5S. The molecule has 3 aromatic rings. The first-order valence-electron chi connectivity index (χ1n) is 9.87. The number of methoxy groups -OCH3 is 2. The Morgan fingerprint density at radius 3 is 2.47 bits per heavy atom. The molecule has 0 radical (unpaired) electrons. The summed E-state index contributed by atoms with van der Waals surface area (Å²) in [4.78, 5) is 31.9. The van der Waals surface area contributed by atoms with E-state index in [4.69, 9.17) is 9.47 Å². The van der Waals surface area contributed by atoms with Crippen molar-refractivity contribution >= 4 is 33.9 Å². The molecule has 0 aliphatic carbocycles. The molecule has 7 nitrogen and oxygen atoms in total. The Balaban J connectivity index is 1.98. The lowest BCUT2D eigenvalue weighted by molar-refractivity contribution is -0.132. The van der Waals surface area contributed by atoms with Gasteiger partial charge in [0.1, 0.15) is 5.76 Å². The van der Waals surface area contributed by atoms with Gasteiger partial charge in [-0.3, -0.25) is 14.5 Å². The number of aliphatic hydroxyl groups excluding tert-OH is 1. The van der Waals surface area contributed by atoms with Crippen LogP contribution in [0.5, 0.6) is 11.5 Å². The number of amides is 1. The van der Waals surface area contributed by atoms with Gasteiger partial charge in [-0.15, -0.1) is 11.3 Å². The van der Waals surface area contributed by atoms with Gasteiger partial charge < -0.3 is 14.6 Å². The van der Waals surface area contributed by atoms with Crippen LogP contribution in [0.4, 0.5) is 5.13 Å². The minimum atomic E-state index is -0.874. The summed E-state index contributed by atoms with van der Waals surface area (Å²) in [6, 6.07) is 9.86. The summed E-state index contributed by atoms with van der Waals surface area (Å²) in [6.07, 6.45) is 1.57. The molecule has 1 atom stereocenters. The summed E-state index contributed by atoms with van der Waals surface area (Å²) in [5, 5.41) is 13.4. The smallest absolute Gasteiger partial charge is 0.301 e. The number of Topliss-reactive ketones (excluding diaryl/α,β-unsaturated/α-hetero) is 1. The molecule has 164 valence electrons. The van der Waals surface area contributed by atoms with Crippen molar-refractivity contribution in [1.29, 1.82) is 0 Å². The number of hydrogen-bond acceptors (Lipinski definition) is 7. The van der Waals surface area contributed by atoms with Crippen LogP contribution in [0.3, 0.4) is 0 Å². The highest BCUT2D eigenvalue weighted by Gasteiger charge is 2.48. The summed E-state index contributed by atoms with van der Waals surface area (Å²) in [7, 11) is 3.04. The molecule has 0 bridgehead atoms. The van der Waals surface area contributed by atoms with Gasteiger partial charge in [0, 0.05) is 17.1 Å². The predicted molar refractivity (Wildman–Crippen MR) is 122 cm³/mol. The van der Waals surface area contributed by atoms with E-state index < -0.39 is 17.7 Å². The van der Waals surface area contributed by atoms with Crippen molar-refractivity contribution in [2.75, 3.05) is 19.1 Å². The summed E-state index contributed by atoms with van der Waals surface area (Å²) in [5.41, 5.74) is 2.82. The van der Waals surface area contributed by atoms with E-state index in [1.54, 1.807) is 35.8 Å². The van der Waals surface area contributed by atoms with Crippen LogP contribution in [0.15, 0.2) is 53.5 Å². The quantitative estimate of drug-likeness (QED) is 0.352. The molecule has 0 saturated carbocycles. The second-order valence-corrected chi connectivity index (χ2v) is 8.29. The van der Waals surface area contributed by atoms with Crippen LogP contribution in [-0.2, 0) is 9.59 Å². The normalized spacial score (nSPS) is 17.6. The van der Waals surface area contributed by atoms with Crippen LogP contribution in [0.1, 0.15) is 28.3 Å². The number of benzene rings is 2. The Morgan fingerprint density at radius 2 is 1.81 bits per heavy atom. The lowest BCUT2D eigenvalue weighted by atomic mass is 9.93. The highest BCUT2D eigenvalue weighted by Crippen LogP contribution is 2.44. The number of hydrogen-bond donors (Lipinski definition) is 1. The Kier molecular flexibility index (Phi) is 5.71. The van der Waals surface area contributed by atoms with E-state index in [-0.39, 0.29) is 11.3 Å². The van der Waals surface area contributed by atoms with Crippen LogP contribution in [0, 0.1) is 13.8 Å². The molecule has 1 aliphatic heterocycles. The SMILES string of the molecule is COc1ccc(C2/C(=C(\O)c3cc(C)ccc3C)C(=O)C(=O)N2c2nccs2)cc1OC. The van der Waals surface area contributed by atoms with Crippen molar-refractivity contribution < 1.29 is 24.2 Å². The first kappa shape index (κ1) is 21.6. The zero-order valence-corrected chi connectivity index (χ0v) is 18.9. The Hall–Kier alpha value is -3.65. The Labute approximate surface area is 189 Å². The Morgan fingerprint density at radius 1 is 1.06 bits per heavy atom. The van der Waals surface area contributed by atoms with Crippen LogP contribution in [-0.4, -0.2) is 36.0 Å². The lowest BCUT2D eigenvalue weighted by Gasteiger charge is -2.24. The molecule has 1 aromatic heterocycles. The largest absolute Gasteiger partial charge is 0.507 e. The third kappa shape index (κ3) is 3.52. The molecule has 1 saturated heterocycles. The van der Waals surface area contributed by atoms with Gasteiger partial charge in [-0.05, 0) is 43.2 Å². The zero-order chi connectivity index (χ0) is 23.0. The van der Waals surface area contributed by atoms with Crippen molar-refractivity contribution in [2.45, 2.75) is 19.9 Å². The minimum Gasteiger partial charge on any atom is -0.507 e. The third-order valence-electron chi connectivity index (χ3n) is 5.44.